The molecule has 0 spiro atoms. The molecule has 2 aromatic carbocycles. The van der Waals surface area contributed by atoms with Crippen LogP contribution >= 0.6 is 0 Å². The van der Waals surface area contributed by atoms with E-state index in [9.17, 15) is 4.79 Å². The number of benzene rings is 2. The summed E-state index contributed by atoms with van der Waals surface area (Å²) in [5.41, 5.74) is 3.08. The summed E-state index contributed by atoms with van der Waals surface area (Å²) in [5, 5.41) is 4.23. The van der Waals surface area contributed by atoms with Crippen molar-refractivity contribution >= 4 is 22.5 Å². The Balaban J connectivity index is 1.18. The van der Waals surface area contributed by atoms with E-state index in [4.69, 9.17) is 9.47 Å². The average molecular weight is 389 g/mol. The number of rotatable bonds is 4. The summed E-state index contributed by atoms with van der Waals surface area (Å²) in [4.78, 5) is 19.6. The van der Waals surface area contributed by atoms with Crippen LogP contribution < -0.4 is 14.8 Å². The summed E-state index contributed by atoms with van der Waals surface area (Å²) < 4.78 is 10.7. The van der Waals surface area contributed by atoms with E-state index < -0.39 is 0 Å². The van der Waals surface area contributed by atoms with Crippen LogP contribution in [0, 0.1) is 5.92 Å². The summed E-state index contributed by atoms with van der Waals surface area (Å²) in [7, 11) is 0. The van der Waals surface area contributed by atoms with Gasteiger partial charge in [-0.05, 0) is 55.8 Å². The molecule has 1 saturated heterocycles. The third-order valence-corrected chi connectivity index (χ3v) is 5.73. The van der Waals surface area contributed by atoms with Crippen LogP contribution in [0.4, 0.5) is 5.69 Å². The highest BCUT2D eigenvalue weighted by atomic mass is 16.7. The molecule has 6 heteroatoms. The smallest absolute Gasteiger partial charge is 0.231 e. The van der Waals surface area contributed by atoms with Crippen LogP contribution in [0.15, 0.2) is 54.7 Å². The molecule has 1 aromatic heterocycles. The predicted octanol–water partition coefficient (Wildman–Crippen LogP) is 3.81. The lowest BCUT2D eigenvalue weighted by Crippen LogP contribution is -2.37. The second kappa shape index (κ2) is 7.72. The molecule has 0 bridgehead atoms. The van der Waals surface area contributed by atoms with E-state index in [1.165, 1.54) is 10.9 Å². The van der Waals surface area contributed by atoms with E-state index in [-0.39, 0.29) is 18.6 Å². The van der Waals surface area contributed by atoms with Gasteiger partial charge < -0.3 is 14.8 Å². The topological polar surface area (TPSA) is 63.7 Å². The zero-order valence-corrected chi connectivity index (χ0v) is 16.1. The van der Waals surface area contributed by atoms with Gasteiger partial charge in [0.1, 0.15) is 0 Å². The molecule has 2 aliphatic heterocycles. The van der Waals surface area contributed by atoms with Gasteiger partial charge >= 0.3 is 0 Å². The first-order chi connectivity index (χ1) is 14.3. The normalized spacial score (nSPS) is 16.8. The van der Waals surface area contributed by atoms with Crippen LogP contribution in [0.5, 0.6) is 11.5 Å². The summed E-state index contributed by atoms with van der Waals surface area (Å²) in [6.07, 6.45) is 3.55. The number of piperidine rings is 1. The summed E-state index contributed by atoms with van der Waals surface area (Å²) >= 11 is 0. The van der Waals surface area contributed by atoms with E-state index in [1.54, 1.807) is 0 Å². The minimum atomic E-state index is 0.0332. The van der Waals surface area contributed by atoms with Crippen molar-refractivity contribution in [2.45, 2.75) is 19.4 Å². The minimum absolute atomic E-state index is 0.0332. The Labute approximate surface area is 169 Å². The Kier molecular flexibility index (Phi) is 4.77. The fraction of sp³-hybridized carbons (Fsp3) is 0.304. The number of amides is 1. The molecule has 0 aliphatic carbocycles. The van der Waals surface area contributed by atoms with Gasteiger partial charge in [-0.3, -0.25) is 14.7 Å². The largest absolute Gasteiger partial charge is 0.454 e. The number of nitrogens with zero attached hydrogens (tertiary/aromatic N) is 2. The molecule has 29 heavy (non-hydrogen) atoms. The van der Waals surface area contributed by atoms with Gasteiger partial charge in [-0.25, -0.2) is 0 Å². The molecular formula is C23H23N3O3. The highest BCUT2D eigenvalue weighted by molar-refractivity contribution is 5.93. The number of anilines is 1. The lowest BCUT2D eigenvalue weighted by molar-refractivity contribution is -0.121. The molecular weight excluding hydrogens is 366 g/mol. The molecule has 0 atom stereocenters. The van der Waals surface area contributed by atoms with Crippen molar-refractivity contribution in [3.63, 3.8) is 0 Å². The van der Waals surface area contributed by atoms with Crippen LogP contribution in [0.25, 0.3) is 10.9 Å². The monoisotopic (exact) mass is 389 g/mol. The Bertz CT molecular complexity index is 1040. The highest BCUT2D eigenvalue weighted by Crippen LogP contribution is 2.34. The van der Waals surface area contributed by atoms with E-state index in [0.29, 0.717) is 5.75 Å². The van der Waals surface area contributed by atoms with Gasteiger partial charge in [0.25, 0.3) is 0 Å². The standard InChI is InChI=1S/C23H23N3O3/c27-23(25-18-6-7-21-22(13-18)29-15-28-21)16-8-11-26(12-9-16)14-17-3-1-5-20-19(17)4-2-10-24-20/h1-7,10,13,16H,8-9,11-12,14-15H2,(H,25,27). The first-order valence-electron chi connectivity index (χ1n) is 10.0. The number of pyridine rings is 1. The highest BCUT2D eigenvalue weighted by Gasteiger charge is 2.26. The maximum Gasteiger partial charge on any atom is 0.231 e. The SMILES string of the molecule is O=C(Nc1ccc2c(c1)OCO2)C1CCN(Cc2cccc3ncccc23)CC1. The Morgan fingerprint density at radius 1 is 1.07 bits per heavy atom. The van der Waals surface area contributed by atoms with Crippen LogP contribution in [0.3, 0.4) is 0 Å². The number of fused-ring (bicyclic) bond motifs is 2. The van der Waals surface area contributed by atoms with Crippen molar-refractivity contribution in [2.24, 2.45) is 5.92 Å². The third-order valence-electron chi connectivity index (χ3n) is 5.73. The molecule has 1 fully saturated rings. The van der Waals surface area contributed by atoms with Crippen molar-refractivity contribution in [1.82, 2.24) is 9.88 Å². The molecule has 3 aromatic rings. The Morgan fingerprint density at radius 2 is 1.93 bits per heavy atom. The lowest BCUT2D eigenvalue weighted by Gasteiger charge is -2.31. The molecule has 148 valence electrons. The zero-order valence-electron chi connectivity index (χ0n) is 16.1. The van der Waals surface area contributed by atoms with Gasteiger partial charge in [0.05, 0.1) is 5.52 Å². The second-order valence-electron chi connectivity index (χ2n) is 7.59. The first-order valence-corrected chi connectivity index (χ1v) is 10.0. The molecule has 0 unspecified atom stereocenters. The molecule has 2 aliphatic rings. The van der Waals surface area contributed by atoms with Crippen molar-refractivity contribution in [3.8, 4) is 11.5 Å². The zero-order chi connectivity index (χ0) is 19.6. The lowest BCUT2D eigenvalue weighted by atomic mass is 9.95. The molecule has 3 heterocycles. The van der Waals surface area contributed by atoms with Crippen LogP contribution in [0.2, 0.25) is 0 Å². The van der Waals surface area contributed by atoms with E-state index in [1.807, 2.05) is 36.5 Å². The van der Waals surface area contributed by atoms with E-state index >= 15 is 0 Å². The van der Waals surface area contributed by atoms with Gasteiger partial charge in [0.2, 0.25) is 12.7 Å². The molecule has 1 amide bonds. The van der Waals surface area contributed by atoms with Crippen LogP contribution in [-0.2, 0) is 11.3 Å². The molecule has 5 rings (SSSR count). The Morgan fingerprint density at radius 3 is 2.83 bits per heavy atom. The van der Waals surface area contributed by atoms with Crippen molar-refractivity contribution < 1.29 is 14.3 Å². The van der Waals surface area contributed by atoms with Crippen molar-refractivity contribution in [2.75, 3.05) is 25.2 Å². The molecule has 0 saturated carbocycles. The van der Waals surface area contributed by atoms with Crippen LogP contribution in [0.1, 0.15) is 18.4 Å². The van der Waals surface area contributed by atoms with E-state index in [2.05, 4.69) is 33.4 Å². The van der Waals surface area contributed by atoms with E-state index in [0.717, 1.165) is 49.4 Å². The summed E-state index contributed by atoms with van der Waals surface area (Å²) in [6.45, 7) is 2.95. The average Bonchev–Trinajstić information content (AvgIpc) is 3.22. The number of aromatic nitrogens is 1. The molecule has 0 radical (unpaired) electrons. The summed E-state index contributed by atoms with van der Waals surface area (Å²) in [6, 6.07) is 15.9. The van der Waals surface area contributed by atoms with Gasteiger partial charge in [-0.2, -0.15) is 0 Å². The fourth-order valence-corrected chi connectivity index (χ4v) is 4.12. The number of ether oxygens (including phenoxy) is 2. The molecule has 1 N–H and O–H groups in total. The van der Waals surface area contributed by atoms with Crippen molar-refractivity contribution in [3.05, 3.63) is 60.3 Å². The predicted molar refractivity (Wildman–Crippen MR) is 111 cm³/mol. The van der Waals surface area contributed by atoms with Gasteiger partial charge in [0, 0.05) is 35.8 Å². The van der Waals surface area contributed by atoms with Crippen LogP contribution in [-0.4, -0.2) is 35.7 Å². The first kappa shape index (κ1) is 17.9. The number of carbonyl (C=O) groups is 1. The van der Waals surface area contributed by atoms with Gasteiger partial charge in [0.15, 0.2) is 11.5 Å². The number of hydrogen-bond donors (Lipinski definition) is 1. The van der Waals surface area contributed by atoms with Crippen molar-refractivity contribution in [1.29, 1.82) is 0 Å². The quantitative estimate of drug-likeness (QED) is 0.735. The number of likely N-dealkylation sites (tertiary alicyclic amines) is 1. The third kappa shape index (κ3) is 3.76. The Hall–Kier alpha value is -3.12. The second-order valence-corrected chi connectivity index (χ2v) is 7.59. The summed E-state index contributed by atoms with van der Waals surface area (Å²) in [5.74, 6) is 1.52. The van der Waals surface area contributed by atoms with Gasteiger partial charge in [-0.15, -0.1) is 0 Å². The number of nitrogens with one attached hydrogen (secondary N) is 1. The number of hydrogen-bond acceptors (Lipinski definition) is 5. The van der Waals surface area contributed by atoms with Gasteiger partial charge in [-0.1, -0.05) is 18.2 Å². The number of carbonyl (C=O) groups excluding carboxylic acids is 1. The maximum atomic E-state index is 12.7. The fourth-order valence-electron chi connectivity index (χ4n) is 4.12. The minimum Gasteiger partial charge on any atom is -0.454 e. The maximum absolute atomic E-state index is 12.7. The molecule has 6 nitrogen and oxygen atoms in total.